The molecule has 0 aliphatic heterocycles. The largest absolute Gasteiger partial charge is 0.393 e. The Morgan fingerprint density at radius 2 is 1.24 bits per heavy atom. The smallest absolute Gasteiger partial charge is 0.146 e. The molecule has 1 N–H and O–H groups in total. The van der Waals surface area contributed by atoms with E-state index in [9.17, 15) is 5.11 Å². The van der Waals surface area contributed by atoms with E-state index < -0.39 is 0 Å². The highest BCUT2D eigenvalue weighted by Gasteiger charge is 2.14. The van der Waals surface area contributed by atoms with E-state index in [-0.39, 0.29) is 6.10 Å². The van der Waals surface area contributed by atoms with E-state index in [1.807, 2.05) is 6.92 Å². The summed E-state index contributed by atoms with van der Waals surface area (Å²) in [6.07, 6.45) is 12.0. The van der Waals surface area contributed by atoms with Gasteiger partial charge in [0, 0.05) is 13.2 Å². The van der Waals surface area contributed by atoms with Crippen molar-refractivity contribution in [2.24, 2.45) is 17.8 Å². The lowest BCUT2D eigenvalue weighted by molar-refractivity contribution is -0.0561. The van der Waals surface area contributed by atoms with Crippen LogP contribution in [0, 0.1) is 17.8 Å². The molecule has 0 aromatic heterocycles. The molecule has 3 nitrogen and oxygen atoms in total. The second-order valence-electron chi connectivity index (χ2n) is 8.36. The molecule has 0 saturated carbocycles. The molecular weight excluding hydrogens is 312 g/mol. The van der Waals surface area contributed by atoms with Crippen LogP contribution in [-0.4, -0.2) is 31.2 Å². The molecule has 0 aliphatic rings. The molecule has 0 bridgehead atoms. The lowest BCUT2D eigenvalue weighted by Crippen LogP contribution is -2.12. The standard InChI is InChI=1S/C22H46O3/c1-6-7-8-9-10-13-24-18-25-14-11-12-19(2)15-20(3)16-21(4)17-22(5)23/h19-23H,6-18H2,1-5H3. The summed E-state index contributed by atoms with van der Waals surface area (Å²) in [5, 5.41) is 9.46. The van der Waals surface area contributed by atoms with Crippen LogP contribution in [0.3, 0.4) is 0 Å². The maximum Gasteiger partial charge on any atom is 0.146 e. The first-order valence-electron chi connectivity index (χ1n) is 10.8. The average Bonchev–Trinajstić information content (AvgIpc) is 2.51. The molecule has 25 heavy (non-hydrogen) atoms. The number of hydrogen-bond donors (Lipinski definition) is 1. The molecule has 0 aromatic rings. The van der Waals surface area contributed by atoms with Gasteiger partial charge in [-0.1, -0.05) is 53.4 Å². The lowest BCUT2D eigenvalue weighted by Gasteiger charge is -2.21. The quantitative estimate of drug-likeness (QED) is 0.235. The molecule has 0 saturated heterocycles. The molecule has 0 amide bonds. The predicted molar refractivity (Wildman–Crippen MR) is 108 cm³/mol. The van der Waals surface area contributed by atoms with Crippen LogP contribution in [0.25, 0.3) is 0 Å². The second-order valence-corrected chi connectivity index (χ2v) is 8.36. The van der Waals surface area contributed by atoms with Gasteiger partial charge in [-0.05, 0) is 63.2 Å². The third kappa shape index (κ3) is 18.5. The Hall–Kier alpha value is -0.120. The third-order valence-electron chi connectivity index (χ3n) is 4.90. The summed E-state index contributed by atoms with van der Waals surface area (Å²) in [4.78, 5) is 0. The van der Waals surface area contributed by atoms with Crippen LogP contribution in [-0.2, 0) is 9.47 Å². The zero-order chi connectivity index (χ0) is 18.9. The summed E-state index contributed by atoms with van der Waals surface area (Å²) < 4.78 is 11.1. The first-order chi connectivity index (χ1) is 12.0. The van der Waals surface area contributed by atoms with Crippen LogP contribution in [0.1, 0.15) is 98.8 Å². The first-order valence-corrected chi connectivity index (χ1v) is 10.8. The molecule has 0 aromatic carbocycles. The highest BCUT2D eigenvalue weighted by Crippen LogP contribution is 2.24. The van der Waals surface area contributed by atoms with Crippen molar-refractivity contribution in [1.29, 1.82) is 0 Å². The number of aliphatic hydroxyl groups is 1. The highest BCUT2D eigenvalue weighted by atomic mass is 16.7. The van der Waals surface area contributed by atoms with E-state index in [2.05, 4.69) is 27.7 Å². The molecule has 0 aliphatic carbocycles. The second kappa shape index (κ2) is 17.3. The molecule has 0 rings (SSSR count). The Bertz CT molecular complexity index is 268. The van der Waals surface area contributed by atoms with E-state index in [1.54, 1.807) is 0 Å². The molecule has 0 fully saturated rings. The minimum Gasteiger partial charge on any atom is -0.393 e. The van der Waals surface area contributed by atoms with Crippen molar-refractivity contribution in [3.05, 3.63) is 0 Å². The highest BCUT2D eigenvalue weighted by molar-refractivity contribution is 4.65. The summed E-state index contributed by atoms with van der Waals surface area (Å²) in [7, 11) is 0. The van der Waals surface area contributed by atoms with Crippen molar-refractivity contribution in [2.75, 3.05) is 20.0 Å². The van der Waals surface area contributed by atoms with Gasteiger partial charge in [-0.3, -0.25) is 0 Å². The molecule has 0 radical (unpaired) electrons. The van der Waals surface area contributed by atoms with Crippen LogP contribution < -0.4 is 0 Å². The Labute approximate surface area is 157 Å². The van der Waals surface area contributed by atoms with Gasteiger partial charge in [0.05, 0.1) is 6.10 Å². The number of rotatable bonds is 18. The fourth-order valence-corrected chi connectivity index (χ4v) is 3.78. The fourth-order valence-electron chi connectivity index (χ4n) is 3.78. The molecule has 4 unspecified atom stereocenters. The molecule has 4 atom stereocenters. The van der Waals surface area contributed by atoms with E-state index in [0.29, 0.717) is 12.7 Å². The Balaban J connectivity index is 3.41. The van der Waals surface area contributed by atoms with Gasteiger partial charge in [0.25, 0.3) is 0 Å². The minimum absolute atomic E-state index is 0.171. The summed E-state index contributed by atoms with van der Waals surface area (Å²) in [6.45, 7) is 13.2. The number of aliphatic hydroxyl groups excluding tert-OH is 1. The monoisotopic (exact) mass is 358 g/mol. The van der Waals surface area contributed by atoms with Gasteiger partial charge >= 0.3 is 0 Å². The van der Waals surface area contributed by atoms with Gasteiger partial charge in [0.1, 0.15) is 6.79 Å². The molecule has 0 spiro atoms. The van der Waals surface area contributed by atoms with E-state index in [0.717, 1.165) is 44.3 Å². The fraction of sp³-hybridized carbons (Fsp3) is 1.00. The molecule has 0 heterocycles. The zero-order valence-corrected chi connectivity index (χ0v) is 17.8. The van der Waals surface area contributed by atoms with Gasteiger partial charge in [0.2, 0.25) is 0 Å². The van der Waals surface area contributed by atoms with Crippen molar-refractivity contribution in [1.82, 2.24) is 0 Å². The third-order valence-corrected chi connectivity index (χ3v) is 4.90. The first kappa shape index (κ1) is 24.9. The van der Waals surface area contributed by atoms with Crippen molar-refractivity contribution < 1.29 is 14.6 Å². The van der Waals surface area contributed by atoms with Crippen molar-refractivity contribution in [3.8, 4) is 0 Å². The van der Waals surface area contributed by atoms with Crippen LogP contribution in [0.4, 0.5) is 0 Å². The SMILES string of the molecule is CCCCCCCOCOCCCC(C)CC(C)CC(C)CC(C)O. The van der Waals surface area contributed by atoms with Gasteiger partial charge in [-0.25, -0.2) is 0 Å². The minimum atomic E-state index is -0.171. The van der Waals surface area contributed by atoms with Gasteiger partial charge < -0.3 is 14.6 Å². The van der Waals surface area contributed by atoms with Crippen LogP contribution >= 0.6 is 0 Å². The van der Waals surface area contributed by atoms with Crippen LogP contribution in [0.2, 0.25) is 0 Å². The van der Waals surface area contributed by atoms with E-state index >= 15 is 0 Å². The Morgan fingerprint density at radius 1 is 0.680 bits per heavy atom. The van der Waals surface area contributed by atoms with Crippen LogP contribution in [0.5, 0.6) is 0 Å². The Morgan fingerprint density at radius 3 is 1.88 bits per heavy atom. The maximum atomic E-state index is 9.46. The topological polar surface area (TPSA) is 38.7 Å². The predicted octanol–water partition coefficient (Wildman–Crippen LogP) is 6.19. The number of unbranched alkanes of at least 4 members (excludes halogenated alkanes) is 4. The number of ether oxygens (including phenoxy) is 2. The zero-order valence-electron chi connectivity index (χ0n) is 17.8. The van der Waals surface area contributed by atoms with Gasteiger partial charge in [0.15, 0.2) is 0 Å². The lowest BCUT2D eigenvalue weighted by atomic mass is 9.86. The summed E-state index contributed by atoms with van der Waals surface area (Å²) in [5.41, 5.74) is 0. The van der Waals surface area contributed by atoms with Gasteiger partial charge in [-0.2, -0.15) is 0 Å². The molecular formula is C22H46O3. The summed E-state index contributed by atoms with van der Waals surface area (Å²) in [6, 6.07) is 0. The van der Waals surface area contributed by atoms with Crippen LogP contribution in [0.15, 0.2) is 0 Å². The Kier molecular flexibility index (Phi) is 17.2. The van der Waals surface area contributed by atoms with Crippen molar-refractivity contribution in [3.63, 3.8) is 0 Å². The summed E-state index contributed by atoms with van der Waals surface area (Å²) >= 11 is 0. The summed E-state index contributed by atoms with van der Waals surface area (Å²) in [5.74, 6) is 2.10. The van der Waals surface area contributed by atoms with Crippen molar-refractivity contribution in [2.45, 2.75) is 105 Å². The van der Waals surface area contributed by atoms with Gasteiger partial charge in [-0.15, -0.1) is 0 Å². The normalized spacial score (nSPS) is 16.6. The molecule has 152 valence electrons. The average molecular weight is 359 g/mol. The van der Waals surface area contributed by atoms with Crippen molar-refractivity contribution >= 4 is 0 Å². The van der Waals surface area contributed by atoms with E-state index in [1.165, 1.54) is 44.9 Å². The van der Waals surface area contributed by atoms with E-state index in [4.69, 9.17) is 9.47 Å². The molecule has 3 heteroatoms. The maximum absolute atomic E-state index is 9.46. The number of hydrogen-bond acceptors (Lipinski definition) is 3.